The number of hydrogen-bond donors (Lipinski definition) is 1. The molecule has 0 radical (unpaired) electrons. The van der Waals surface area contributed by atoms with E-state index in [1.807, 2.05) is 38.1 Å². The topological polar surface area (TPSA) is 59.0 Å². The van der Waals surface area contributed by atoms with Crippen molar-refractivity contribution in [2.75, 3.05) is 19.7 Å². The van der Waals surface area contributed by atoms with Crippen LogP contribution in [0.25, 0.3) is 0 Å². The van der Waals surface area contributed by atoms with E-state index in [1.54, 1.807) is 0 Å². The van der Waals surface area contributed by atoms with Crippen LogP contribution < -0.4 is 4.74 Å². The molecule has 20 heavy (non-hydrogen) atoms. The summed E-state index contributed by atoms with van der Waals surface area (Å²) in [4.78, 5) is 13.1. The van der Waals surface area contributed by atoms with Gasteiger partial charge in [-0.3, -0.25) is 4.90 Å². The Hall–Kier alpha value is -1.59. The summed E-state index contributed by atoms with van der Waals surface area (Å²) in [6, 6.07) is 7.93. The van der Waals surface area contributed by atoms with E-state index >= 15 is 0 Å². The Balaban J connectivity index is 1.97. The second-order valence-corrected chi connectivity index (χ2v) is 5.25. The van der Waals surface area contributed by atoms with Crippen LogP contribution in [0, 0.1) is 0 Å². The summed E-state index contributed by atoms with van der Waals surface area (Å²) in [5, 5.41) is 8.99. The monoisotopic (exact) mass is 279 g/mol. The summed E-state index contributed by atoms with van der Waals surface area (Å²) in [7, 11) is 0. The fourth-order valence-electron chi connectivity index (χ4n) is 2.24. The molecule has 0 saturated carbocycles. The molecule has 0 amide bonds. The van der Waals surface area contributed by atoms with Crippen molar-refractivity contribution in [1.82, 2.24) is 4.90 Å². The summed E-state index contributed by atoms with van der Waals surface area (Å²) in [5.41, 5.74) is 1.12. The number of aliphatic carboxylic acids is 1. The summed E-state index contributed by atoms with van der Waals surface area (Å²) < 4.78 is 10.9. The second kappa shape index (κ2) is 6.72. The number of carbonyl (C=O) groups is 1. The first kappa shape index (κ1) is 14.8. The van der Waals surface area contributed by atoms with Crippen molar-refractivity contribution in [3.63, 3.8) is 0 Å². The summed E-state index contributed by atoms with van der Waals surface area (Å²) in [5.74, 6) is -0.0489. The molecule has 0 aromatic heterocycles. The average Bonchev–Trinajstić information content (AvgIpc) is 2.38. The number of carboxylic acid groups (broad SMARTS) is 1. The van der Waals surface area contributed by atoms with Crippen LogP contribution in [0.15, 0.2) is 24.3 Å². The van der Waals surface area contributed by atoms with Crippen molar-refractivity contribution in [2.45, 2.75) is 32.6 Å². The maximum atomic E-state index is 11.0. The van der Waals surface area contributed by atoms with Crippen LogP contribution in [0.2, 0.25) is 0 Å². The molecule has 1 fully saturated rings. The Bertz CT molecular complexity index is 461. The Labute approximate surface area is 119 Å². The molecule has 2 rings (SSSR count). The predicted molar refractivity (Wildman–Crippen MR) is 74.9 cm³/mol. The fourth-order valence-corrected chi connectivity index (χ4v) is 2.24. The van der Waals surface area contributed by atoms with Gasteiger partial charge in [-0.05, 0) is 31.5 Å². The quantitative estimate of drug-likeness (QED) is 0.890. The van der Waals surface area contributed by atoms with Crippen molar-refractivity contribution in [2.24, 2.45) is 0 Å². The second-order valence-electron chi connectivity index (χ2n) is 5.25. The van der Waals surface area contributed by atoms with E-state index < -0.39 is 12.1 Å². The van der Waals surface area contributed by atoms with Gasteiger partial charge < -0.3 is 14.6 Å². The van der Waals surface area contributed by atoms with Crippen molar-refractivity contribution in [3.8, 4) is 5.75 Å². The van der Waals surface area contributed by atoms with Gasteiger partial charge in [0.2, 0.25) is 0 Å². The normalized spacial score (nSPS) is 20.1. The van der Waals surface area contributed by atoms with Crippen LogP contribution in [-0.4, -0.2) is 47.9 Å². The van der Waals surface area contributed by atoms with Gasteiger partial charge in [-0.2, -0.15) is 0 Å². The van der Waals surface area contributed by atoms with E-state index in [9.17, 15) is 4.79 Å². The highest BCUT2D eigenvalue weighted by molar-refractivity contribution is 5.72. The third-order valence-electron chi connectivity index (χ3n) is 3.10. The molecule has 1 saturated heterocycles. The number of benzene rings is 1. The number of ether oxygens (including phenoxy) is 2. The van der Waals surface area contributed by atoms with Gasteiger partial charge in [-0.1, -0.05) is 12.1 Å². The first-order valence-corrected chi connectivity index (χ1v) is 6.87. The van der Waals surface area contributed by atoms with Crippen LogP contribution in [0.5, 0.6) is 5.75 Å². The van der Waals surface area contributed by atoms with E-state index in [0.717, 1.165) is 17.9 Å². The van der Waals surface area contributed by atoms with Crippen LogP contribution >= 0.6 is 0 Å². The lowest BCUT2D eigenvalue weighted by atomic mass is 10.1. The fraction of sp³-hybridized carbons (Fsp3) is 0.533. The van der Waals surface area contributed by atoms with Crippen LogP contribution in [0.1, 0.15) is 19.4 Å². The van der Waals surface area contributed by atoms with Gasteiger partial charge in [0.15, 0.2) is 6.10 Å². The molecular weight excluding hydrogens is 258 g/mol. The summed E-state index contributed by atoms with van der Waals surface area (Å²) in [6.07, 6.45) is -0.580. The number of morpholine rings is 1. The van der Waals surface area contributed by atoms with Crippen molar-refractivity contribution in [3.05, 3.63) is 29.8 Å². The van der Waals surface area contributed by atoms with Crippen molar-refractivity contribution >= 4 is 5.97 Å². The lowest BCUT2D eigenvalue weighted by molar-refractivity contribution is -0.156. The molecule has 0 aliphatic carbocycles. The summed E-state index contributed by atoms with van der Waals surface area (Å²) in [6.45, 7) is 6.32. The minimum absolute atomic E-state index is 0.144. The molecule has 1 atom stereocenters. The van der Waals surface area contributed by atoms with Crippen LogP contribution in [0.4, 0.5) is 0 Å². The third-order valence-corrected chi connectivity index (χ3v) is 3.10. The number of hydrogen-bond acceptors (Lipinski definition) is 4. The van der Waals surface area contributed by atoms with Gasteiger partial charge >= 0.3 is 5.97 Å². The van der Waals surface area contributed by atoms with Gasteiger partial charge in [-0.25, -0.2) is 4.79 Å². The molecular formula is C15H21NO4. The number of nitrogens with zero attached hydrogens (tertiary/aromatic N) is 1. The molecule has 1 aromatic carbocycles. The Morgan fingerprint density at radius 2 is 2.35 bits per heavy atom. The lowest BCUT2D eigenvalue weighted by Crippen LogP contribution is -2.45. The Morgan fingerprint density at radius 1 is 1.55 bits per heavy atom. The van der Waals surface area contributed by atoms with E-state index in [1.165, 1.54) is 0 Å². The Morgan fingerprint density at radius 3 is 3.05 bits per heavy atom. The highest BCUT2D eigenvalue weighted by Crippen LogP contribution is 2.17. The maximum Gasteiger partial charge on any atom is 0.334 e. The highest BCUT2D eigenvalue weighted by Gasteiger charge is 2.26. The average molecular weight is 279 g/mol. The van der Waals surface area contributed by atoms with E-state index in [4.69, 9.17) is 14.6 Å². The maximum absolute atomic E-state index is 11.0. The standard InChI is InChI=1S/C15H21NO4/c1-11(2)20-13-5-3-4-12(8-13)9-16-6-7-19-14(10-16)15(17)18/h3-5,8,11,14H,6-7,9-10H2,1-2H3,(H,17,18). The molecule has 1 aliphatic heterocycles. The zero-order valence-electron chi connectivity index (χ0n) is 11.9. The Kier molecular flexibility index (Phi) is 4.98. The third kappa shape index (κ3) is 4.21. The van der Waals surface area contributed by atoms with Gasteiger partial charge in [0.05, 0.1) is 12.7 Å². The molecule has 1 aliphatic rings. The van der Waals surface area contributed by atoms with Crippen molar-refractivity contribution in [1.29, 1.82) is 0 Å². The molecule has 5 heteroatoms. The minimum Gasteiger partial charge on any atom is -0.491 e. The molecule has 5 nitrogen and oxygen atoms in total. The predicted octanol–water partition coefficient (Wildman–Crippen LogP) is 1.76. The van der Waals surface area contributed by atoms with Gasteiger partial charge in [0.25, 0.3) is 0 Å². The molecule has 0 spiro atoms. The molecule has 1 aromatic rings. The lowest BCUT2D eigenvalue weighted by Gasteiger charge is -2.30. The molecule has 0 bridgehead atoms. The number of carboxylic acids is 1. The molecule has 110 valence electrons. The zero-order valence-corrected chi connectivity index (χ0v) is 11.9. The van der Waals surface area contributed by atoms with Gasteiger partial charge in [-0.15, -0.1) is 0 Å². The van der Waals surface area contributed by atoms with Crippen LogP contribution in [0.3, 0.4) is 0 Å². The number of rotatable bonds is 5. The first-order valence-electron chi connectivity index (χ1n) is 6.87. The van der Waals surface area contributed by atoms with E-state index in [-0.39, 0.29) is 6.10 Å². The van der Waals surface area contributed by atoms with Crippen molar-refractivity contribution < 1.29 is 19.4 Å². The van der Waals surface area contributed by atoms with E-state index in [2.05, 4.69) is 4.90 Å². The highest BCUT2D eigenvalue weighted by atomic mass is 16.5. The first-order chi connectivity index (χ1) is 9.54. The van der Waals surface area contributed by atoms with Gasteiger partial charge in [0, 0.05) is 19.6 Å². The smallest absolute Gasteiger partial charge is 0.334 e. The molecule has 1 heterocycles. The van der Waals surface area contributed by atoms with Crippen LogP contribution in [-0.2, 0) is 16.1 Å². The van der Waals surface area contributed by atoms with E-state index in [0.29, 0.717) is 19.7 Å². The molecule has 1 N–H and O–H groups in total. The largest absolute Gasteiger partial charge is 0.491 e. The zero-order chi connectivity index (χ0) is 14.5. The summed E-state index contributed by atoms with van der Waals surface area (Å²) >= 11 is 0. The minimum atomic E-state index is -0.897. The van der Waals surface area contributed by atoms with Gasteiger partial charge in [0.1, 0.15) is 5.75 Å². The SMILES string of the molecule is CC(C)Oc1cccc(CN2CCOC(C(=O)O)C2)c1. The molecule has 1 unspecified atom stereocenters.